The molecule has 0 aromatic carbocycles. The van der Waals surface area contributed by atoms with Crippen LogP contribution < -0.4 is 5.32 Å². The van der Waals surface area contributed by atoms with Gasteiger partial charge in [0.05, 0.1) is 11.5 Å². The van der Waals surface area contributed by atoms with Crippen LogP contribution in [0.3, 0.4) is 0 Å². The first-order chi connectivity index (χ1) is 14.1. The Balaban J connectivity index is 1.30. The number of esters is 1. The number of thiophene rings is 1. The highest BCUT2D eigenvalue weighted by molar-refractivity contribution is 7.16. The molecule has 29 heavy (non-hydrogen) atoms. The van der Waals surface area contributed by atoms with E-state index in [2.05, 4.69) is 11.4 Å². The van der Waals surface area contributed by atoms with E-state index in [1.165, 1.54) is 11.3 Å². The molecule has 1 aromatic heterocycles. The summed E-state index contributed by atoms with van der Waals surface area (Å²) in [6, 6.07) is 2.45. The van der Waals surface area contributed by atoms with Gasteiger partial charge in [0.1, 0.15) is 11.1 Å². The van der Waals surface area contributed by atoms with Gasteiger partial charge in [0.15, 0.2) is 6.61 Å². The molecule has 4 rings (SSSR count). The summed E-state index contributed by atoms with van der Waals surface area (Å²) in [6.45, 7) is -0.0133. The summed E-state index contributed by atoms with van der Waals surface area (Å²) in [6.07, 6.45) is 8.38. The Morgan fingerprint density at radius 3 is 2.72 bits per heavy atom. The van der Waals surface area contributed by atoms with E-state index < -0.39 is 24.4 Å². The van der Waals surface area contributed by atoms with Gasteiger partial charge in [0.2, 0.25) is 5.91 Å². The molecule has 0 bridgehead atoms. The predicted molar refractivity (Wildman–Crippen MR) is 107 cm³/mol. The van der Waals surface area contributed by atoms with Crippen LogP contribution >= 0.6 is 11.3 Å². The summed E-state index contributed by atoms with van der Waals surface area (Å²) in [5.74, 6) is -1.45. The second-order valence-electron chi connectivity index (χ2n) is 8.07. The number of hydrogen-bond acceptors (Lipinski definition) is 6. The molecule has 2 heterocycles. The zero-order valence-electron chi connectivity index (χ0n) is 16.4. The number of hydrogen-bond donors (Lipinski definition) is 1. The van der Waals surface area contributed by atoms with Crippen molar-refractivity contribution in [2.75, 3.05) is 18.5 Å². The minimum Gasteiger partial charge on any atom is -0.455 e. The van der Waals surface area contributed by atoms with Crippen molar-refractivity contribution in [1.29, 1.82) is 5.26 Å². The molecule has 0 spiro atoms. The summed E-state index contributed by atoms with van der Waals surface area (Å²) in [7, 11) is 0. The molecule has 2 amide bonds. The lowest BCUT2D eigenvalue weighted by Crippen LogP contribution is -2.35. The van der Waals surface area contributed by atoms with Crippen LogP contribution in [0.4, 0.5) is 5.00 Å². The highest BCUT2D eigenvalue weighted by atomic mass is 32.1. The molecular formula is C21H25N3O4S. The maximum atomic E-state index is 12.4. The minimum atomic E-state index is -0.500. The van der Waals surface area contributed by atoms with Crippen molar-refractivity contribution in [3.05, 3.63) is 16.0 Å². The number of nitrogens with one attached hydrogen (secondary N) is 1. The molecule has 1 aliphatic heterocycles. The van der Waals surface area contributed by atoms with Gasteiger partial charge >= 0.3 is 5.97 Å². The number of aryl methyl sites for hydroxylation is 1. The van der Waals surface area contributed by atoms with Crippen LogP contribution in [0.2, 0.25) is 0 Å². The third-order valence-corrected chi connectivity index (χ3v) is 7.35. The topological polar surface area (TPSA) is 99.5 Å². The standard InChI is InChI=1S/C21H25N3O4S/c22-10-16-15-7-3-4-8-17(15)29-20(16)23-18(25)12-28-21(27)13-9-19(26)24(11-13)14-5-1-2-6-14/h13-14H,1-9,11-12H2,(H,23,25)/t13-/m0/s1. The lowest BCUT2D eigenvalue weighted by Gasteiger charge is -2.23. The van der Waals surface area contributed by atoms with Gasteiger partial charge in [0.25, 0.3) is 5.91 Å². The van der Waals surface area contributed by atoms with Gasteiger partial charge in [-0.2, -0.15) is 5.26 Å². The van der Waals surface area contributed by atoms with Crippen LogP contribution in [0.15, 0.2) is 0 Å². The van der Waals surface area contributed by atoms with Gasteiger partial charge in [-0.05, 0) is 44.1 Å². The van der Waals surface area contributed by atoms with Crippen molar-refractivity contribution in [3.63, 3.8) is 0 Å². The Morgan fingerprint density at radius 1 is 1.21 bits per heavy atom. The molecule has 154 valence electrons. The molecule has 1 saturated heterocycles. The van der Waals surface area contributed by atoms with E-state index in [0.717, 1.165) is 61.8 Å². The molecule has 8 heteroatoms. The number of rotatable bonds is 5. The molecule has 1 atom stereocenters. The normalized spacial score (nSPS) is 21.7. The summed E-state index contributed by atoms with van der Waals surface area (Å²) < 4.78 is 5.19. The number of nitriles is 1. The first-order valence-electron chi connectivity index (χ1n) is 10.4. The van der Waals surface area contributed by atoms with Crippen molar-refractivity contribution < 1.29 is 19.1 Å². The number of carbonyl (C=O) groups excluding carboxylic acids is 3. The third kappa shape index (κ3) is 4.15. The first-order valence-corrected chi connectivity index (χ1v) is 11.2. The lowest BCUT2D eigenvalue weighted by molar-refractivity contribution is -0.151. The molecule has 7 nitrogen and oxygen atoms in total. The fourth-order valence-corrected chi connectivity index (χ4v) is 5.90. The SMILES string of the molecule is N#Cc1c(NC(=O)COC(=O)[C@H]2CC(=O)N(C3CCCC3)C2)sc2c1CCCC2. The van der Waals surface area contributed by atoms with Crippen molar-refractivity contribution >= 4 is 34.1 Å². The minimum absolute atomic E-state index is 0.00568. The van der Waals surface area contributed by atoms with Crippen LogP contribution in [0.25, 0.3) is 0 Å². The molecule has 0 radical (unpaired) electrons. The Kier molecular flexibility index (Phi) is 5.86. The largest absolute Gasteiger partial charge is 0.455 e. The molecular weight excluding hydrogens is 390 g/mol. The fourth-order valence-electron chi connectivity index (χ4n) is 4.65. The first kappa shape index (κ1) is 19.9. The number of nitrogens with zero attached hydrogens (tertiary/aromatic N) is 2. The van der Waals surface area contributed by atoms with E-state index in [4.69, 9.17) is 4.74 Å². The third-order valence-electron chi connectivity index (χ3n) is 6.14. The molecule has 2 fully saturated rings. The fraction of sp³-hybridized carbons (Fsp3) is 0.619. The number of likely N-dealkylation sites (tertiary alicyclic amines) is 1. The van der Waals surface area contributed by atoms with Crippen molar-refractivity contribution in [1.82, 2.24) is 4.90 Å². The number of amides is 2. The van der Waals surface area contributed by atoms with Gasteiger partial charge in [-0.15, -0.1) is 11.3 Å². The summed E-state index contributed by atoms with van der Waals surface area (Å²) in [5.41, 5.74) is 1.59. The second-order valence-corrected chi connectivity index (χ2v) is 9.17. The summed E-state index contributed by atoms with van der Waals surface area (Å²) in [4.78, 5) is 39.9. The van der Waals surface area contributed by atoms with Crippen molar-refractivity contribution in [2.24, 2.45) is 5.92 Å². The van der Waals surface area contributed by atoms with E-state index in [1.807, 2.05) is 4.90 Å². The van der Waals surface area contributed by atoms with Gasteiger partial charge in [-0.25, -0.2) is 0 Å². The zero-order chi connectivity index (χ0) is 20.4. The average molecular weight is 416 g/mol. The molecule has 1 aromatic rings. The summed E-state index contributed by atoms with van der Waals surface area (Å²) in [5, 5.41) is 12.7. The Hall–Kier alpha value is -2.40. The quantitative estimate of drug-likeness (QED) is 0.746. The van der Waals surface area contributed by atoms with Crippen LogP contribution in [0, 0.1) is 17.2 Å². The number of carbonyl (C=O) groups is 3. The van der Waals surface area contributed by atoms with Crippen LogP contribution in [-0.2, 0) is 32.0 Å². The summed E-state index contributed by atoms with van der Waals surface area (Å²) >= 11 is 1.44. The molecule has 1 saturated carbocycles. The van der Waals surface area contributed by atoms with Gasteiger partial charge < -0.3 is 15.0 Å². The van der Waals surface area contributed by atoms with Gasteiger partial charge in [0, 0.05) is 23.9 Å². The van der Waals surface area contributed by atoms with E-state index in [9.17, 15) is 19.6 Å². The highest BCUT2D eigenvalue weighted by Crippen LogP contribution is 2.37. The molecule has 3 aliphatic rings. The monoisotopic (exact) mass is 415 g/mol. The van der Waals surface area contributed by atoms with E-state index in [0.29, 0.717) is 17.1 Å². The van der Waals surface area contributed by atoms with E-state index in [1.54, 1.807) is 0 Å². The van der Waals surface area contributed by atoms with E-state index >= 15 is 0 Å². The van der Waals surface area contributed by atoms with Crippen molar-refractivity contribution in [2.45, 2.75) is 63.8 Å². The number of anilines is 1. The smallest absolute Gasteiger partial charge is 0.311 e. The molecule has 2 aliphatic carbocycles. The van der Waals surface area contributed by atoms with Crippen LogP contribution in [0.1, 0.15) is 60.9 Å². The Bertz CT molecular complexity index is 866. The Morgan fingerprint density at radius 2 is 1.97 bits per heavy atom. The van der Waals surface area contributed by atoms with Gasteiger partial charge in [-0.3, -0.25) is 14.4 Å². The zero-order valence-corrected chi connectivity index (χ0v) is 17.2. The van der Waals surface area contributed by atoms with Crippen molar-refractivity contribution in [3.8, 4) is 6.07 Å². The number of ether oxygens (including phenoxy) is 1. The maximum absolute atomic E-state index is 12.4. The molecule has 0 unspecified atom stereocenters. The maximum Gasteiger partial charge on any atom is 0.311 e. The predicted octanol–water partition coefficient (Wildman–Crippen LogP) is 2.77. The van der Waals surface area contributed by atoms with Gasteiger partial charge in [-0.1, -0.05) is 12.8 Å². The highest BCUT2D eigenvalue weighted by Gasteiger charge is 2.39. The number of fused-ring (bicyclic) bond motifs is 1. The van der Waals surface area contributed by atoms with Crippen LogP contribution in [0.5, 0.6) is 0 Å². The van der Waals surface area contributed by atoms with Crippen LogP contribution in [-0.4, -0.2) is 41.9 Å². The average Bonchev–Trinajstić information content (AvgIpc) is 3.43. The van der Waals surface area contributed by atoms with E-state index in [-0.39, 0.29) is 18.4 Å². The Labute approximate surface area is 174 Å². The second kappa shape index (κ2) is 8.54. The lowest BCUT2D eigenvalue weighted by atomic mass is 9.96. The molecule has 1 N–H and O–H groups in total.